The van der Waals surface area contributed by atoms with Crippen LogP contribution >= 0.6 is 11.6 Å². The molecule has 2 nitrogen and oxygen atoms in total. The molecule has 0 unspecified atom stereocenters. The number of nitrogens with zero attached hydrogens (tertiary/aromatic N) is 1. The summed E-state index contributed by atoms with van der Waals surface area (Å²) in [5, 5.41) is 3.30. The van der Waals surface area contributed by atoms with E-state index < -0.39 is 0 Å². The fourth-order valence-electron chi connectivity index (χ4n) is 1.11. The quantitative estimate of drug-likeness (QED) is 0.442. The Bertz CT molecular complexity index is 259. The van der Waals surface area contributed by atoms with E-state index in [1.165, 1.54) is 5.56 Å². The van der Waals surface area contributed by atoms with Crippen LogP contribution in [0.5, 0.6) is 0 Å². The van der Waals surface area contributed by atoms with Gasteiger partial charge in [0, 0.05) is 24.8 Å². The summed E-state index contributed by atoms with van der Waals surface area (Å²) in [7, 11) is 0. The van der Waals surface area contributed by atoms with Crippen molar-refractivity contribution in [2.45, 2.75) is 6.42 Å². The van der Waals surface area contributed by atoms with Crippen LogP contribution in [-0.4, -0.2) is 24.0 Å². The maximum Gasteiger partial charge on any atom is 0.0404 e. The normalized spacial score (nSPS) is 10.9. The highest BCUT2D eigenvalue weighted by Gasteiger charge is 1.89. The van der Waals surface area contributed by atoms with E-state index in [-0.39, 0.29) is 0 Å². The largest absolute Gasteiger partial charge is 0.313 e. The number of halogens is 1. The monoisotopic (exact) mass is 210 g/mol. The molecule has 1 heterocycles. The van der Waals surface area contributed by atoms with Crippen LogP contribution in [0.1, 0.15) is 5.56 Å². The minimum Gasteiger partial charge on any atom is -0.313 e. The highest BCUT2D eigenvalue weighted by atomic mass is 35.5. The van der Waals surface area contributed by atoms with Crippen LogP contribution < -0.4 is 5.32 Å². The van der Waals surface area contributed by atoms with Gasteiger partial charge in [-0.05, 0) is 24.6 Å². The van der Waals surface area contributed by atoms with Crippen molar-refractivity contribution in [1.82, 2.24) is 10.3 Å². The van der Waals surface area contributed by atoms with Gasteiger partial charge in [-0.3, -0.25) is 4.98 Å². The molecule has 0 spiro atoms. The smallest absolute Gasteiger partial charge is 0.0404 e. The number of rotatable bonds is 6. The molecule has 0 aliphatic carbocycles. The summed E-state index contributed by atoms with van der Waals surface area (Å²) in [6, 6.07) is 4.05. The molecule has 0 radical (unpaired) electrons. The Labute approximate surface area is 90.0 Å². The Balaban J connectivity index is 2.07. The molecule has 1 aromatic heterocycles. The number of alkyl halides is 1. The number of aromatic nitrogens is 1. The highest BCUT2D eigenvalue weighted by molar-refractivity contribution is 6.18. The van der Waals surface area contributed by atoms with Gasteiger partial charge in [0.2, 0.25) is 0 Å². The van der Waals surface area contributed by atoms with Gasteiger partial charge in [-0.25, -0.2) is 0 Å². The van der Waals surface area contributed by atoms with Crippen molar-refractivity contribution in [1.29, 1.82) is 0 Å². The lowest BCUT2D eigenvalue weighted by Gasteiger charge is -2.00. The van der Waals surface area contributed by atoms with E-state index >= 15 is 0 Å². The number of pyridine rings is 1. The van der Waals surface area contributed by atoms with E-state index in [0.29, 0.717) is 5.88 Å². The Morgan fingerprint density at radius 3 is 3.07 bits per heavy atom. The van der Waals surface area contributed by atoms with Crippen molar-refractivity contribution in [3.8, 4) is 0 Å². The molecule has 0 amide bonds. The minimum atomic E-state index is 0.588. The topological polar surface area (TPSA) is 24.9 Å². The van der Waals surface area contributed by atoms with Gasteiger partial charge in [-0.15, -0.1) is 11.6 Å². The second-order valence-electron chi connectivity index (χ2n) is 2.94. The maximum atomic E-state index is 5.49. The summed E-state index contributed by atoms with van der Waals surface area (Å²) in [6.45, 7) is 1.85. The van der Waals surface area contributed by atoms with Gasteiger partial charge in [0.1, 0.15) is 0 Å². The number of hydrogen-bond donors (Lipinski definition) is 1. The van der Waals surface area contributed by atoms with E-state index in [2.05, 4.69) is 16.4 Å². The first-order valence-electron chi connectivity index (χ1n) is 4.74. The summed E-state index contributed by atoms with van der Waals surface area (Å²) < 4.78 is 0. The van der Waals surface area contributed by atoms with Crippen molar-refractivity contribution < 1.29 is 0 Å². The second kappa shape index (κ2) is 7.54. The van der Waals surface area contributed by atoms with Crippen LogP contribution in [0.2, 0.25) is 0 Å². The fraction of sp³-hybridized carbons (Fsp3) is 0.364. The maximum absolute atomic E-state index is 5.49. The first kappa shape index (κ1) is 11.2. The molecule has 14 heavy (non-hydrogen) atoms. The zero-order valence-corrected chi connectivity index (χ0v) is 8.87. The SMILES string of the molecule is ClC/C=C/CNCCc1cccnc1. The summed E-state index contributed by atoms with van der Waals surface area (Å²) in [5.74, 6) is 0.588. The summed E-state index contributed by atoms with van der Waals surface area (Å²) >= 11 is 5.49. The number of hydrogen-bond acceptors (Lipinski definition) is 2. The Hall–Kier alpha value is -0.860. The molecule has 1 rings (SSSR count). The predicted molar refractivity (Wildman–Crippen MR) is 60.7 cm³/mol. The van der Waals surface area contributed by atoms with E-state index in [9.17, 15) is 0 Å². The standard InChI is InChI=1S/C11H15ClN2/c12-6-1-2-7-13-9-5-11-4-3-8-14-10-11/h1-4,8,10,13H,5-7,9H2/b2-1+. The Kier molecular flexibility index (Phi) is 6.04. The Morgan fingerprint density at radius 2 is 2.36 bits per heavy atom. The minimum absolute atomic E-state index is 0.588. The van der Waals surface area contributed by atoms with Crippen LogP contribution in [0.15, 0.2) is 36.7 Å². The number of allylic oxidation sites excluding steroid dienone is 1. The molecule has 0 aliphatic rings. The molecule has 1 N–H and O–H groups in total. The third-order valence-electron chi connectivity index (χ3n) is 1.83. The molecular weight excluding hydrogens is 196 g/mol. The lowest BCUT2D eigenvalue weighted by molar-refractivity contribution is 0.742. The molecule has 0 atom stereocenters. The molecule has 3 heteroatoms. The molecular formula is C11H15ClN2. The molecule has 0 saturated carbocycles. The average Bonchev–Trinajstić information content (AvgIpc) is 2.25. The number of nitrogens with one attached hydrogen (secondary N) is 1. The summed E-state index contributed by atoms with van der Waals surface area (Å²) in [6.07, 6.45) is 8.69. The molecule has 0 saturated heterocycles. The highest BCUT2D eigenvalue weighted by Crippen LogP contribution is 1.94. The summed E-state index contributed by atoms with van der Waals surface area (Å²) in [4.78, 5) is 4.05. The van der Waals surface area contributed by atoms with Crippen LogP contribution in [0.4, 0.5) is 0 Å². The molecule has 0 aromatic carbocycles. The predicted octanol–water partition coefficient (Wildman–Crippen LogP) is 2.01. The van der Waals surface area contributed by atoms with Gasteiger partial charge < -0.3 is 5.32 Å². The van der Waals surface area contributed by atoms with Crippen molar-refractivity contribution in [3.05, 3.63) is 42.2 Å². The zero-order chi connectivity index (χ0) is 10.1. The summed E-state index contributed by atoms with van der Waals surface area (Å²) in [5.41, 5.74) is 1.27. The van der Waals surface area contributed by atoms with Crippen molar-refractivity contribution in [3.63, 3.8) is 0 Å². The van der Waals surface area contributed by atoms with Crippen molar-refractivity contribution in [2.24, 2.45) is 0 Å². The first-order valence-corrected chi connectivity index (χ1v) is 5.27. The molecule has 0 bridgehead atoms. The van der Waals surface area contributed by atoms with Crippen LogP contribution in [0.3, 0.4) is 0 Å². The van der Waals surface area contributed by atoms with E-state index in [1.54, 1.807) is 6.20 Å². The van der Waals surface area contributed by atoms with Gasteiger partial charge >= 0.3 is 0 Å². The zero-order valence-electron chi connectivity index (χ0n) is 8.12. The molecule has 76 valence electrons. The lowest BCUT2D eigenvalue weighted by atomic mass is 10.2. The van der Waals surface area contributed by atoms with Crippen LogP contribution in [0, 0.1) is 0 Å². The van der Waals surface area contributed by atoms with E-state index in [0.717, 1.165) is 19.5 Å². The van der Waals surface area contributed by atoms with Gasteiger partial charge in [0.25, 0.3) is 0 Å². The third-order valence-corrected chi connectivity index (χ3v) is 2.01. The molecule has 0 aliphatic heterocycles. The van der Waals surface area contributed by atoms with Gasteiger partial charge in [0.05, 0.1) is 0 Å². The van der Waals surface area contributed by atoms with Gasteiger partial charge in [0.15, 0.2) is 0 Å². The van der Waals surface area contributed by atoms with E-state index in [4.69, 9.17) is 11.6 Å². The fourth-order valence-corrected chi connectivity index (χ4v) is 1.24. The van der Waals surface area contributed by atoms with Crippen LogP contribution in [-0.2, 0) is 6.42 Å². The lowest BCUT2D eigenvalue weighted by Crippen LogP contribution is -2.17. The van der Waals surface area contributed by atoms with Gasteiger partial charge in [-0.1, -0.05) is 18.2 Å². The third kappa shape index (κ3) is 5.00. The van der Waals surface area contributed by atoms with Crippen molar-refractivity contribution >= 4 is 11.6 Å². The second-order valence-corrected chi connectivity index (χ2v) is 3.25. The average molecular weight is 211 g/mol. The Morgan fingerprint density at radius 1 is 1.43 bits per heavy atom. The molecule has 1 aromatic rings. The first-order chi connectivity index (χ1) is 6.93. The van der Waals surface area contributed by atoms with Crippen LogP contribution in [0.25, 0.3) is 0 Å². The molecule has 0 fully saturated rings. The van der Waals surface area contributed by atoms with Crippen molar-refractivity contribution in [2.75, 3.05) is 19.0 Å². The van der Waals surface area contributed by atoms with Gasteiger partial charge in [-0.2, -0.15) is 0 Å². The van der Waals surface area contributed by atoms with E-state index in [1.807, 2.05) is 24.4 Å².